The van der Waals surface area contributed by atoms with Crippen molar-refractivity contribution in [3.8, 4) is 0 Å². The molecule has 0 unspecified atom stereocenters. The van der Waals surface area contributed by atoms with Gasteiger partial charge in [-0.25, -0.2) is 13.2 Å². The second-order valence-electron chi connectivity index (χ2n) is 4.86. The summed E-state index contributed by atoms with van der Waals surface area (Å²) in [5.41, 5.74) is 1.35. The van der Waals surface area contributed by atoms with Crippen molar-refractivity contribution in [3.63, 3.8) is 0 Å². The maximum absolute atomic E-state index is 12.5. The molecule has 0 saturated heterocycles. The lowest BCUT2D eigenvalue weighted by Gasteiger charge is -2.12. The summed E-state index contributed by atoms with van der Waals surface area (Å²) in [5, 5.41) is 9.43. The Kier molecular flexibility index (Phi) is 4.44. The quantitative estimate of drug-likeness (QED) is 0.893. The minimum atomic E-state index is -3.83. The highest BCUT2D eigenvalue weighted by molar-refractivity contribution is 7.92. The molecule has 2 aromatic rings. The van der Waals surface area contributed by atoms with E-state index in [9.17, 15) is 13.2 Å². The van der Waals surface area contributed by atoms with Gasteiger partial charge in [-0.15, -0.1) is 0 Å². The Hall–Kier alpha value is -2.05. The average molecular weight is 340 g/mol. The summed E-state index contributed by atoms with van der Waals surface area (Å²) in [4.78, 5) is 11.0. The highest BCUT2D eigenvalue weighted by Gasteiger charge is 2.19. The molecule has 0 aliphatic rings. The van der Waals surface area contributed by atoms with Gasteiger partial charge in [-0.2, -0.15) is 0 Å². The maximum atomic E-state index is 12.5. The number of carbonyl (C=O) groups is 1. The van der Waals surface area contributed by atoms with Gasteiger partial charge < -0.3 is 5.11 Å². The number of sulfonamides is 1. The average Bonchev–Trinajstić information content (AvgIpc) is 2.42. The Labute approximate surface area is 133 Å². The van der Waals surface area contributed by atoms with Gasteiger partial charge in [-0.3, -0.25) is 4.72 Å². The van der Waals surface area contributed by atoms with E-state index in [1.54, 1.807) is 19.9 Å². The smallest absolute Gasteiger partial charge is 0.335 e. The van der Waals surface area contributed by atoms with Crippen LogP contribution in [0.25, 0.3) is 0 Å². The van der Waals surface area contributed by atoms with E-state index in [-0.39, 0.29) is 16.1 Å². The van der Waals surface area contributed by atoms with Crippen molar-refractivity contribution in [1.82, 2.24) is 0 Å². The second kappa shape index (κ2) is 5.98. The summed E-state index contributed by atoms with van der Waals surface area (Å²) in [5.74, 6) is -1.13. The van der Waals surface area contributed by atoms with Gasteiger partial charge in [0.2, 0.25) is 0 Å². The van der Waals surface area contributed by atoms with E-state index in [0.717, 1.165) is 0 Å². The largest absolute Gasteiger partial charge is 0.478 e. The van der Waals surface area contributed by atoms with Crippen molar-refractivity contribution in [3.05, 3.63) is 58.1 Å². The number of benzene rings is 2. The molecular weight excluding hydrogens is 326 g/mol. The van der Waals surface area contributed by atoms with Crippen LogP contribution in [0.3, 0.4) is 0 Å². The molecule has 0 heterocycles. The highest BCUT2D eigenvalue weighted by atomic mass is 35.5. The molecule has 0 amide bonds. The third kappa shape index (κ3) is 3.40. The van der Waals surface area contributed by atoms with Gasteiger partial charge in [0.25, 0.3) is 10.0 Å². The molecule has 7 heteroatoms. The van der Waals surface area contributed by atoms with Crippen molar-refractivity contribution < 1.29 is 18.3 Å². The number of carboxylic acid groups (broad SMARTS) is 1. The fraction of sp³-hybridized carbons (Fsp3) is 0.133. The van der Waals surface area contributed by atoms with Gasteiger partial charge in [0.1, 0.15) is 0 Å². The Morgan fingerprint density at radius 2 is 1.82 bits per heavy atom. The maximum Gasteiger partial charge on any atom is 0.335 e. The molecule has 0 aromatic heterocycles. The zero-order chi connectivity index (χ0) is 16.5. The molecule has 22 heavy (non-hydrogen) atoms. The monoisotopic (exact) mass is 339 g/mol. The first-order valence-corrected chi connectivity index (χ1v) is 8.20. The summed E-state index contributed by atoms with van der Waals surface area (Å²) in [6, 6.07) is 8.68. The fourth-order valence-corrected chi connectivity index (χ4v) is 3.55. The van der Waals surface area contributed by atoms with Gasteiger partial charge in [-0.1, -0.05) is 17.7 Å². The first-order valence-electron chi connectivity index (χ1n) is 6.33. The number of rotatable bonds is 4. The van der Waals surface area contributed by atoms with Gasteiger partial charge in [0.05, 0.1) is 10.5 Å². The van der Waals surface area contributed by atoms with Crippen LogP contribution < -0.4 is 4.72 Å². The third-order valence-electron chi connectivity index (χ3n) is 3.11. The molecule has 5 nitrogen and oxygen atoms in total. The van der Waals surface area contributed by atoms with E-state index in [1.807, 2.05) is 0 Å². The van der Waals surface area contributed by atoms with E-state index in [0.29, 0.717) is 16.1 Å². The Balaban J connectivity index is 2.42. The second-order valence-corrected chi connectivity index (χ2v) is 6.92. The third-order valence-corrected chi connectivity index (χ3v) is 5.04. The lowest BCUT2D eigenvalue weighted by Crippen LogP contribution is -2.15. The van der Waals surface area contributed by atoms with Crippen molar-refractivity contribution in [2.75, 3.05) is 4.72 Å². The molecule has 2 N–H and O–H groups in total. The predicted octanol–water partition coefficient (Wildman–Crippen LogP) is 3.46. The standard InChI is InChI=1S/C15H14ClNO4S/c1-9-7-14(10(2)6-13(9)16)22(20,21)17-12-5-3-4-11(8-12)15(18)19/h3-8,17H,1-2H3,(H,18,19). The summed E-state index contributed by atoms with van der Waals surface area (Å²) in [6.07, 6.45) is 0. The minimum absolute atomic E-state index is 0.00390. The Morgan fingerprint density at radius 1 is 1.14 bits per heavy atom. The van der Waals surface area contributed by atoms with Gasteiger partial charge >= 0.3 is 5.97 Å². The number of aryl methyl sites for hydroxylation is 2. The topological polar surface area (TPSA) is 83.5 Å². The van der Waals surface area contributed by atoms with Gasteiger partial charge in [-0.05, 0) is 55.3 Å². The zero-order valence-electron chi connectivity index (χ0n) is 11.9. The van der Waals surface area contributed by atoms with Crippen molar-refractivity contribution >= 4 is 33.3 Å². The van der Waals surface area contributed by atoms with Crippen LogP contribution in [-0.4, -0.2) is 19.5 Å². The summed E-state index contributed by atoms with van der Waals surface area (Å²) < 4.78 is 27.3. The minimum Gasteiger partial charge on any atom is -0.478 e. The van der Waals surface area contributed by atoms with Gasteiger partial charge in [0.15, 0.2) is 0 Å². The number of hydrogen-bond donors (Lipinski definition) is 2. The molecule has 0 radical (unpaired) electrons. The number of aromatic carboxylic acids is 1. The van der Waals surface area contributed by atoms with Crippen LogP contribution in [-0.2, 0) is 10.0 Å². The van der Waals surface area contributed by atoms with E-state index in [1.165, 1.54) is 30.3 Å². The first-order chi connectivity index (χ1) is 10.2. The summed E-state index contributed by atoms with van der Waals surface area (Å²) >= 11 is 5.97. The van der Waals surface area contributed by atoms with Crippen molar-refractivity contribution in [2.45, 2.75) is 18.7 Å². The summed E-state index contributed by atoms with van der Waals surface area (Å²) in [6.45, 7) is 3.36. The predicted molar refractivity (Wildman–Crippen MR) is 85.1 cm³/mol. The SMILES string of the molecule is Cc1cc(S(=O)(=O)Nc2cccc(C(=O)O)c2)c(C)cc1Cl. The summed E-state index contributed by atoms with van der Waals surface area (Å²) in [7, 11) is -3.83. The molecular formula is C15H14ClNO4S. The van der Waals surface area contributed by atoms with E-state index in [4.69, 9.17) is 16.7 Å². The van der Waals surface area contributed by atoms with E-state index >= 15 is 0 Å². The normalized spacial score (nSPS) is 11.2. The number of nitrogens with one attached hydrogen (secondary N) is 1. The molecule has 0 saturated carbocycles. The van der Waals surface area contributed by atoms with Crippen molar-refractivity contribution in [1.29, 1.82) is 0 Å². The number of hydrogen-bond acceptors (Lipinski definition) is 3. The van der Waals surface area contributed by atoms with E-state index < -0.39 is 16.0 Å². The molecule has 0 aliphatic carbocycles. The van der Waals surface area contributed by atoms with Crippen LogP contribution in [0.5, 0.6) is 0 Å². The lowest BCUT2D eigenvalue weighted by atomic mass is 10.2. The molecule has 116 valence electrons. The molecule has 2 aromatic carbocycles. The van der Waals surface area contributed by atoms with Crippen LogP contribution in [0.15, 0.2) is 41.3 Å². The molecule has 0 fully saturated rings. The number of anilines is 1. The lowest BCUT2D eigenvalue weighted by molar-refractivity contribution is 0.0697. The molecule has 0 atom stereocenters. The van der Waals surface area contributed by atoms with Crippen LogP contribution in [0.1, 0.15) is 21.5 Å². The fourth-order valence-electron chi connectivity index (χ4n) is 1.97. The number of carboxylic acids is 1. The first kappa shape index (κ1) is 16.3. The highest BCUT2D eigenvalue weighted by Crippen LogP contribution is 2.25. The number of halogens is 1. The van der Waals surface area contributed by atoms with E-state index in [2.05, 4.69) is 4.72 Å². The Morgan fingerprint density at radius 3 is 2.45 bits per heavy atom. The Bertz CT molecular complexity index is 847. The molecule has 0 bridgehead atoms. The van der Waals surface area contributed by atoms with Crippen LogP contribution in [0.2, 0.25) is 5.02 Å². The van der Waals surface area contributed by atoms with Crippen LogP contribution >= 0.6 is 11.6 Å². The molecule has 2 rings (SSSR count). The molecule has 0 aliphatic heterocycles. The van der Waals surface area contributed by atoms with Crippen LogP contribution in [0, 0.1) is 13.8 Å². The van der Waals surface area contributed by atoms with Gasteiger partial charge in [0, 0.05) is 10.7 Å². The van der Waals surface area contributed by atoms with Crippen molar-refractivity contribution in [2.24, 2.45) is 0 Å². The zero-order valence-corrected chi connectivity index (χ0v) is 13.5. The van der Waals surface area contributed by atoms with Crippen LogP contribution in [0.4, 0.5) is 5.69 Å². The molecule has 0 spiro atoms.